The van der Waals surface area contributed by atoms with Crippen molar-refractivity contribution in [1.82, 2.24) is 0 Å². The number of amides is 1. The molecule has 0 saturated heterocycles. The number of hydrogen-bond donors (Lipinski definition) is 2. The highest BCUT2D eigenvalue weighted by molar-refractivity contribution is 7.17. The summed E-state index contributed by atoms with van der Waals surface area (Å²) in [5.74, 6) is -1.56. The fourth-order valence-electron chi connectivity index (χ4n) is 3.53. The summed E-state index contributed by atoms with van der Waals surface area (Å²) in [6.07, 6.45) is 4.12. The predicted octanol–water partition coefficient (Wildman–Crippen LogP) is 3.96. The maximum atomic E-state index is 12.9. The lowest BCUT2D eigenvalue weighted by atomic mass is 10.1. The van der Waals surface area contributed by atoms with Crippen molar-refractivity contribution in [1.29, 1.82) is 0 Å². The Morgan fingerprint density at radius 2 is 1.93 bits per heavy atom. The number of nitrogens with two attached hydrogens (primary N) is 1. The lowest BCUT2D eigenvalue weighted by molar-refractivity contribution is -0.124. The number of carbonyl (C=O) groups is 3. The number of esters is 2. The summed E-state index contributed by atoms with van der Waals surface area (Å²) in [4.78, 5) is 38.8. The Labute approximate surface area is 179 Å². The highest BCUT2D eigenvalue weighted by atomic mass is 32.1. The Morgan fingerprint density at radius 3 is 2.63 bits per heavy atom. The fraction of sp³-hybridized carbons (Fsp3) is 0.409. The molecule has 1 aliphatic rings. The van der Waals surface area contributed by atoms with Crippen molar-refractivity contribution in [3.05, 3.63) is 45.8 Å². The number of benzene rings is 1. The van der Waals surface area contributed by atoms with Gasteiger partial charge in [-0.05, 0) is 55.9 Å². The molecule has 30 heavy (non-hydrogen) atoms. The zero-order valence-electron chi connectivity index (χ0n) is 17.2. The van der Waals surface area contributed by atoms with Crippen LogP contribution in [0.4, 0.5) is 10.7 Å². The minimum absolute atomic E-state index is 0.277. The molecule has 1 aromatic carbocycles. The standard InChI is InChI=1S/C22H26N2O5S/c1-3-16(29-21(26)13-8-7-9-14(23)12-13)19(25)24-20-18(22(27)28-2)15-10-5-4-6-11-17(15)30-20/h7-9,12,16H,3-6,10-11,23H2,1-2H3,(H,24,25). The molecule has 160 valence electrons. The summed E-state index contributed by atoms with van der Waals surface area (Å²) in [7, 11) is 1.33. The summed E-state index contributed by atoms with van der Waals surface area (Å²) in [6, 6.07) is 6.39. The summed E-state index contributed by atoms with van der Waals surface area (Å²) < 4.78 is 10.4. The molecule has 0 aliphatic heterocycles. The van der Waals surface area contributed by atoms with E-state index in [0.29, 0.717) is 22.7 Å². The summed E-state index contributed by atoms with van der Waals surface area (Å²) in [5, 5.41) is 3.26. The van der Waals surface area contributed by atoms with Crippen LogP contribution in [0.1, 0.15) is 63.8 Å². The van der Waals surface area contributed by atoms with Crippen LogP contribution in [-0.4, -0.2) is 31.1 Å². The molecule has 1 heterocycles. The Balaban J connectivity index is 1.79. The minimum Gasteiger partial charge on any atom is -0.465 e. The van der Waals surface area contributed by atoms with E-state index in [0.717, 1.165) is 42.5 Å². The first-order chi connectivity index (χ1) is 14.4. The van der Waals surface area contributed by atoms with E-state index in [1.165, 1.54) is 24.5 Å². The number of anilines is 2. The topological polar surface area (TPSA) is 108 Å². The highest BCUT2D eigenvalue weighted by Crippen LogP contribution is 2.38. The smallest absolute Gasteiger partial charge is 0.341 e. The van der Waals surface area contributed by atoms with Gasteiger partial charge in [0.2, 0.25) is 0 Å². The van der Waals surface area contributed by atoms with Gasteiger partial charge in [0.25, 0.3) is 5.91 Å². The first kappa shape index (κ1) is 21.8. The maximum Gasteiger partial charge on any atom is 0.341 e. The zero-order valence-corrected chi connectivity index (χ0v) is 18.0. The van der Waals surface area contributed by atoms with Gasteiger partial charge in [-0.15, -0.1) is 11.3 Å². The van der Waals surface area contributed by atoms with Gasteiger partial charge >= 0.3 is 11.9 Å². The van der Waals surface area contributed by atoms with Gasteiger partial charge in [0, 0.05) is 10.6 Å². The molecule has 7 nitrogen and oxygen atoms in total. The molecule has 0 radical (unpaired) electrons. The normalized spacial score (nSPS) is 14.2. The average molecular weight is 431 g/mol. The van der Waals surface area contributed by atoms with Gasteiger partial charge in [0.15, 0.2) is 6.10 Å². The number of thiophene rings is 1. The molecule has 0 saturated carbocycles. The second kappa shape index (κ2) is 9.75. The molecular formula is C22H26N2O5S. The van der Waals surface area contributed by atoms with Crippen molar-refractivity contribution in [2.45, 2.75) is 51.6 Å². The Morgan fingerprint density at radius 1 is 1.17 bits per heavy atom. The van der Waals surface area contributed by atoms with Crippen LogP contribution in [0.3, 0.4) is 0 Å². The number of aryl methyl sites for hydroxylation is 1. The summed E-state index contributed by atoms with van der Waals surface area (Å²) >= 11 is 1.40. The van der Waals surface area contributed by atoms with Crippen LogP contribution in [0, 0.1) is 0 Å². The molecule has 1 atom stereocenters. The second-order valence-electron chi connectivity index (χ2n) is 7.18. The molecule has 1 amide bonds. The predicted molar refractivity (Wildman–Crippen MR) is 116 cm³/mol. The van der Waals surface area contributed by atoms with Gasteiger partial charge < -0.3 is 20.5 Å². The molecule has 0 bridgehead atoms. The van der Waals surface area contributed by atoms with Crippen LogP contribution >= 0.6 is 11.3 Å². The van der Waals surface area contributed by atoms with Crippen LogP contribution in [0.15, 0.2) is 24.3 Å². The van der Waals surface area contributed by atoms with Crippen molar-refractivity contribution >= 4 is 39.9 Å². The Kier molecular flexibility index (Phi) is 7.10. The molecule has 0 fully saturated rings. The number of carbonyl (C=O) groups excluding carboxylic acids is 3. The lowest BCUT2D eigenvalue weighted by Gasteiger charge is -2.16. The largest absolute Gasteiger partial charge is 0.465 e. The monoisotopic (exact) mass is 430 g/mol. The van der Waals surface area contributed by atoms with Crippen molar-refractivity contribution in [2.75, 3.05) is 18.2 Å². The Hall–Kier alpha value is -2.87. The van der Waals surface area contributed by atoms with Crippen LogP contribution in [0.25, 0.3) is 0 Å². The number of nitrogens with one attached hydrogen (secondary N) is 1. The third kappa shape index (κ3) is 4.81. The molecular weight excluding hydrogens is 404 g/mol. The summed E-state index contributed by atoms with van der Waals surface area (Å²) in [5.41, 5.74) is 7.81. The molecule has 3 rings (SSSR count). The van der Waals surface area contributed by atoms with E-state index in [2.05, 4.69) is 5.32 Å². The van der Waals surface area contributed by atoms with Crippen molar-refractivity contribution in [3.63, 3.8) is 0 Å². The van der Waals surface area contributed by atoms with E-state index in [1.54, 1.807) is 25.1 Å². The molecule has 1 aromatic heterocycles. The van der Waals surface area contributed by atoms with Crippen LogP contribution in [0.5, 0.6) is 0 Å². The van der Waals surface area contributed by atoms with Crippen LogP contribution in [0.2, 0.25) is 0 Å². The van der Waals surface area contributed by atoms with Gasteiger partial charge in [-0.1, -0.05) is 19.4 Å². The first-order valence-corrected chi connectivity index (χ1v) is 10.9. The molecule has 1 unspecified atom stereocenters. The molecule has 0 spiro atoms. The first-order valence-electron chi connectivity index (χ1n) is 10.0. The maximum absolute atomic E-state index is 12.9. The molecule has 2 aromatic rings. The number of nitrogen functional groups attached to an aromatic ring is 1. The lowest BCUT2D eigenvalue weighted by Crippen LogP contribution is -2.32. The number of ether oxygens (including phenoxy) is 2. The van der Waals surface area contributed by atoms with Crippen molar-refractivity contribution < 1.29 is 23.9 Å². The van der Waals surface area contributed by atoms with Crippen molar-refractivity contribution in [2.24, 2.45) is 0 Å². The van der Waals surface area contributed by atoms with Crippen LogP contribution in [-0.2, 0) is 27.1 Å². The number of fused-ring (bicyclic) bond motifs is 1. The third-order valence-electron chi connectivity index (χ3n) is 5.08. The third-order valence-corrected chi connectivity index (χ3v) is 6.29. The number of methoxy groups -OCH3 is 1. The van der Waals surface area contributed by atoms with E-state index >= 15 is 0 Å². The van der Waals surface area contributed by atoms with Gasteiger partial charge in [0.1, 0.15) is 5.00 Å². The Bertz CT molecular complexity index is 953. The quantitative estimate of drug-likeness (QED) is 0.408. The SMILES string of the molecule is CCC(OC(=O)c1cccc(N)c1)C(=O)Nc1sc2c(c1C(=O)OC)CCCCC2. The van der Waals surface area contributed by atoms with Gasteiger partial charge in [-0.25, -0.2) is 9.59 Å². The zero-order chi connectivity index (χ0) is 21.7. The van der Waals surface area contributed by atoms with E-state index in [1.807, 2.05) is 0 Å². The van der Waals surface area contributed by atoms with E-state index in [9.17, 15) is 14.4 Å². The second-order valence-corrected chi connectivity index (χ2v) is 8.28. The molecule has 1 aliphatic carbocycles. The van der Waals surface area contributed by atoms with Gasteiger partial charge in [-0.3, -0.25) is 4.79 Å². The van der Waals surface area contributed by atoms with E-state index in [4.69, 9.17) is 15.2 Å². The highest BCUT2D eigenvalue weighted by Gasteiger charge is 2.29. The molecule has 8 heteroatoms. The van der Waals surface area contributed by atoms with E-state index < -0.39 is 23.9 Å². The molecule has 3 N–H and O–H groups in total. The summed E-state index contributed by atoms with van der Waals surface area (Å²) in [6.45, 7) is 1.75. The number of hydrogen-bond acceptors (Lipinski definition) is 7. The van der Waals surface area contributed by atoms with Gasteiger partial charge in [0.05, 0.1) is 18.2 Å². The van der Waals surface area contributed by atoms with Gasteiger partial charge in [-0.2, -0.15) is 0 Å². The minimum atomic E-state index is -0.994. The van der Waals surface area contributed by atoms with Crippen LogP contribution < -0.4 is 11.1 Å². The van der Waals surface area contributed by atoms with Crippen molar-refractivity contribution in [3.8, 4) is 0 Å². The number of rotatable bonds is 6. The fourth-order valence-corrected chi connectivity index (χ4v) is 4.81. The average Bonchev–Trinajstić information content (AvgIpc) is 2.91. The van der Waals surface area contributed by atoms with E-state index in [-0.39, 0.29) is 5.56 Å².